The maximum Gasteiger partial charge on any atom is 0.152 e. The van der Waals surface area contributed by atoms with E-state index in [2.05, 4.69) is 40.2 Å². The quantitative estimate of drug-likeness (QED) is 0.862. The van der Waals surface area contributed by atoms with Crippen LogP contribution in [0.5, 0.6) is 0 Å². The van der Waals surface area contributed by atoms with Crippen molar-refractivity contribution in [3.63, 3.8) is 0 Å². The van der Waals surface area contributed by atoms with Crippen LogP contribution in [0.1, 0.15) is 25.6 Å². The van der Waals surface area contributed by atoms with Gasteiger partial charge in [-0.3, -0.25) is 0 Å². The van der Waals surface area contributed by atoms with Crippen LogP contribution in [0.25, 0.3) is 0 Å². The summed E-state index contributed by atoms with van der Waals surface area (Å²) in [7, 11) is 0. The molecule has 6 heteroatoms. The van der Waals surface area contributed by atoms with E-state index in [-0.39, 0.29) is 6.04 Å². The molecule has 102 valence electrons. The second kappa shape index (κ2) is 5.43. The molecule has 0 aliphatic rings. The van der Waals surface area contributed by atoms with Gasteiger partial charge < -0.3 is 11.1 Å². The Kier molecular flexibility index (Phi) is 4.06. The van der Waals surface area contributed by atoms with Crippen LogP contribution < -0.4 is 11.1 Å². The van der Waals surface area contributed by atoms with Gasteiger partial charge in [-0.05, 0) is 39.0 Å². The molecule has 0 aliphatic carbocycles. The van der Waals surface area contributed by atoms with Crippen molar-refractivity contribution >= 4 is 44.7 Å². The summed E-state index contributed by atoms with van der Waals surface area (Å²) in [6.45, 7) is 6.00. The molecule has 0 saturated heterocycles. The molecule has 1 aromatic heterocycles. The molecule has 1 heterocycles. The molecule has 0 amide bonds. The first-order chi connectivity index (χ1) is 8.90. The number of rotatable bonds is 3. The fraction of sp³-hybridized carbons (Fsp3) is 0.308. The second-order valence-electron chi connectivity index (χ2n) is 4.64. The highest BCUT2D eigenvalue weighted by Crippen LogP contribution is 2.33. The maximum atomic E-state index is 6.21. The summed E-state index contributed by atoms with van der Waals surface area (Å²) in [5.41, 5.74) is 8.33. The molecular weight excluding hydrogens is 328 g/mol. The molecule has 0 radical (unpaired) electrons. The zero-order valence-electron chi connectivity index (χ0n) is 11.0. The largest absolute Gasteiger partial charge is 0.394 e. The van der Waals surface area contributed by atoms with Gasteiger partial charge in [0.25, 0.3) is 0 Å². The van der Waals surface area contributed by atoms with E-state index in [4.69, 9.17) is 17.3 Å². The number of anilines is 3. The Morgan fingerprint density at radius 2 is 2.11 bits per heavy atom. The Bertz CT molecular complexity index is 607. The van der Waals surface area contributed by atoms with Crippen LogP contribution in [0, 0.1) is 6.92 Å². The van der Waals surface area contributed by atoms with Crippen molar-refractivity contribution in [2.24, 2.45) is 0 Å². The van der Waals surface area contributed by atoms with Gasteiger partial charge in [0.15, 0.2) is 5.82 Å². The third-order valence-corrected chi connectivity index (χ3v) is 3.61. The van der Waals surface area contributed by atoms with Crippen LogP contribution in [-0.2, 0) is 0 Å². The number of nitrogens with two attached hydrogens (primary N) is 1. The molecular formula is C13H16BrClN4. The molecule has 1 aromatic carbocycles. The van der Waals surface area contributed by atoms with E-state index in [0.717, 1.165) is 21.7 Å². The number of halogens is 2. The van der Waals surface area contributed by atoms with E-state index in [1.807, 2.05) is 29.8 Å². The summed E-state index contributed by atoms with van der Waals surface area (Å²) in [5, 5.41) is 8.32. The summed E-state index contributed by atoms with van der Waals surface area (Å²) in [4.78, 5) is 0. The van der Waals surface area contributed by atoms with E-state index in [1.165, 1.54) is 0 Å². The predicted octanol–water partition coefficient (Wildman–Crippen LogP) is 4.51. The van der Waals surface area contributed by atoms with E-state index in [9.17, 15) is 0 Å². The van der Waals surface area contributed by atoms with Gasteiger partial charge in [-0.1, -0.05) is 27.5 Å². The van der Waals surface area contributed by atoms with Crippen molar-refractivity contribution in [3.05, 3.63) is 33.4 Å². The van der Waals surface area contributed by atoms with Crippen LogP contribution in [0.4, 0.5) is 17.2 Å². The minimum absolute atomic E-state index is 0.215. The topological polar surface area (TPSA) is 55.9 Å². The summed E-state index contributed by atoms with van der Waals surface area (Å²) in [5.74, 6) is 0.775. The number of aryl methyl sites for hydroxylation is 1. The Morgan fingerprint density at radius 1 is 1.42 bits per heavy atom. The standard InChI is InChI=1S/C13H16BrClN4/c1-7(2)19-13(12(16)8(3)18-19)17-11-5-4-9(14)6-10(11)15/h4-7,17H,16H2,1-3H3. The maximum absolute atomic E-state index is 6.21. The predicted molar refractivity (Wildman–Crippen MR) is 84.2 cm³/mol. The van der Waals surface area contributed by atoms with Gasteiger partial charge in [0.1, 0.15) is 0 Å². The minimum Gasteiger partial charge on any atom is -0.394 e. The number of hydrogen-bond acceptors (Lipinski definition) is 3. The van der Waals surface area contributed by atoms with Gasteiger partial charge in [0.2, 0.25) is 0 Å². The van der Waals surface area contributed by atoms with E-state index < -0.39 is 0 Å². The third kappa shape index (κ3) is 2.87. The molecule has 19 heavy (non-hydrogen) atoms. The van der Waals surface area contributed by atoms with Crippen LogP contribution in [0.3, 0.4) is 0 Å². The summed E-state index contributed by atoms with van der Waals surface area (Å²) < 4.78 is 2.80. The number of benzene rings is 1. The summed E-state index contributed by atoms with van der Waals surface area (Å²) in [6.07, 6.45) is 0. The average Bonchev–Trinajstić information content (AvgIpc) is 2.61. The van der Waals surface area contributed by atoms with Crippen LogP contribution >= 0.6 is 27.5 Å². The van der Waals surface area contributed by atoms with Crippen molar-refractivity contribution in [1.29, 1.82) is 0 Å². The Morgan fingerprint density at radius 3 is 2.68 bits per heavy atom. The number of nitrogens with zero attached hydrogens (tertiary/aromatic N) is 2. The highest BCUT2D eigenvalue weighted by molar-refractivity contribution is 9.10. The Balaban J connectivity index is 2.43. The van der Waals surface area contributed by atoms with Crippen LogP contribution in [0.2, 0.25) is 5.02 Å². The second-order valence-corrected chi connectivity index (χ2v) is 5.96. The molecule has 0 bridgehead atoms. The Labute approximate surface area is 126 Å². The van der Waals surface area contributed by atoms with Gasteiger partial charge in [0.05, 0.1) is 22.1 Å². The molecule has 4 nitrogen and oxygen atoms in total. The summed E-state index contributed by atoms with van der Waals surface area (Å²) >= 11 is 9.59. The molecule has 2 aromatic rings. The van der Waals surface area contributed by atoms with Crippen molar-refractivity contribution in [3.8, 4) is 0 Å². The Hall–Kier alpha value is -1.20. The van der Waals surface area contributed by atoms with E-state index in [0.29, 0.717) is 10.7 Å². The molecule has 0 saturated carbocycles. The van der Waals surface area contributed by atoms with Gasteiger partial charge in [0, 0.05) is 10.5 Å². The lowest BCUT2D eigenvalue weighted by Gasteiger charge is -2.14. The smallest absolute Gasteiger partial charge is 0.152 e. The van der Waals surface area contributed by atoms with Gasteiger partial charge in [-0.15, -0.1) is 0 Å². The highest BCUT2D eigenvalue weighted by Gasteiger charge is 2.15. The molecule has 3 N–H and O–H groups in total. The number of nitrogens with one attached hydrogen (secondary N) is 1. The SMILES string of the molecule is Cc1nn(C(C)C)c(Nc2ccc(Br)cc2Cl)c1N. The normalized spacial score (nSPS) is 11.1. The minimum atomic E-state index is 0.215. The van der Waals surface area contributed by atoms with Crippen molar-refractivity contribution in [1.82, 2.24) is 9.78 Å². The number of aromatic nitrogens is 2. The molecule has 0 spiro atoms. The molecule has 0 fully saturated rings. The molecule has 2 rings (SSSR count). The van der Waals surface area contributed by atoms with Gasteiger partial charge in [-0.2, -0.15) is 5.10 Å². The first-order valence-electron chi connectivity index (χ1n) is 5.96. The summed E-state index contributed by atoms with van der Waals surface area (Å²) in [6, 6.07) is 5.88. The fourth-order valence-corrected chi connectivity index (χ4v) is 2.50. The molecule has 0 aliphatic heterocycles. The lowest BCUT2D eigenvalue weighted by molar-refractivity contribution is 0.536. The lowest BCUT2D eigenvalue weighted by Crippen LogP contribution is -2.08. The van der Waals surface area contributed by atoms with Crippen LogP contribution in [-0.4, -0.2) is 9.78 Å². The van der Waals surface area contributed by atoms with Crippen molar-refractivity contribution < 1.29 is 0 Å². The molecule has 0 unspecified atom stereocenters. The monoisotopic (exact) mass is 342 g/mol. The first kappa shape index (κ1) is 14.2. The zero-order chi connectivity index (χ0) is 14.2. The van der Waals surface area contributed by atoms with Crippen molar-refractivity contribution in [2.45, 2.75) is 26.8 Å². The average molecular weight is 344 g/mol. The lowest BCUT2D eigenvalue weighted by atomic mass is 10.3. The van der Waals surface area contributed by atoms with Crippen LogP contribution in [0.15, 0.2) is 22.7 Å². The number of hydrogen-bond donors (Lipinski definition) is 2. The zero-order valence-corrected chi connectivity index (χ0v) is 13.4. The number of nitrogen functional groups attached to an aromatic ring is 1. The highest BCUT2D eigenvalue weighted by atomic mass is 79.9. The fourth-order valence-electron chi connectivity index (χ4n) is 1.78. The van der Waals surface area contributed by atoms with E-state index in [1.54, 1.807) is 0 Å². The first-order valence-corrected chi connectivity index (χ1v) is 7.14. The third-order valence-electron chi connectivity index (χ3n) is 2.81. The van der Waals surface area contributed by atoms with E-state index >= 15 is 0 Å². The van der Waals surface area contributed by atoms with Gasteiger partial charge in [-0.25, -0.2) is 4.68 Å². The van der Waals surface area contributed by atoms with Gasteiger partial charge >= 0.3 is 0 Å². The van der Waals surface area contributed by atoms with Crippen molar-refractivity contribution in [2.75, 3.05) is 11.1 Å². The molecule has 0 atom stereocenters.